The lowest BCUT2D eigenvalue weighted by Gasteiger charge is -2.26. The van der Waals surface area contributed by atoms with E-state index in [1.807, 2.05) is 13.8 Å². The second-order valence-electron chi connectivity index (χ2n) is 7.75. The Morgan fingerprint density at radius 1 is 1.20 bits per heavy atom. The first-order chi connectivity index (χ1) is 14.4. The first kappa shape index (κ1) is 21.8. The van der Waals surface area contributed by atoms with Gasteiger partial charge in [0.2, 0.25) is 0 Å². The molecule has 0 spiro atoms. The summed E-state index contributed by atoms with van der Waals surface area (Å²) in [5.74, 6) is 1.32. The first-order valence-corrected chi connectivity index (χ1v) is 10.2. The Morgan fingerprint density at radius 3 is 2.57 bits per heavy atom. The van der Waals surface area contributed by atoms with Crippen molar-refractivity contribution in [3.63, 3.8) is 0 Å². The molecule has 1 aromatic heterocycles. The molecule has 9 nitrogen and oxygen atoms in total. The molecule has 9 heteroatoms. The number of ether oxygens (including phenoxy) is 1. The Kier molecular flexibility index (Phi) is 7.40. The predicted octanol–water partition coefficient (Wildman–Crippen LogP) is 2.05. The number of aromatic nitrogens is 2. The molecule has 1 aromatic carbocycles. The SMILES string of the molecule is CC(C)CNC(=O)N(C)CCc1noc(-c2ccc(C(=O)N3CCOCC3)cc2)n1. The van der Waals surface area contributed by atoms with Crippen LogP contribution in [0.5, 0.6) is 0 Å². The fourth-order valence-corrected chi connectivity index (χ4v) is 2.97. The lowest BCUT2D eigenvalue weighted by atomic mass is 10.1. The van der Waals surface area contributed by atoms with Crippen molar-refractivity contribution in [3.8, 4) is 11.5 Å². The average Bonchev–Trinajstić information content (AvgIpc) is 3.25. The summed E-state index contributed by atoms with van der Waals surface area (Å²) in [6.45, 7) is 7.58. The lowest BCUT2D eigenvalue weighted by molar-refractivity contribution is 0.0303. The second kappa shape index (κ2) is 10.2. The van der Waals surface area contributed by atoms with Crippen molar-refractivity contribution in [2.75, 3.05) is 46.4 Å². The standard InChI is InChI=1S/C21H29N5O4/c1-15(2)14-22-21(28)25(3)9-8-18-23-19(30-24-18)16-4-6-17(7-5-16)20(27)26-10-12-29-13-11-26/h4-7,15H,8-14H2,1-3H3,(H,22,28). The maximum atomic E-state index is 12.5. The Balaban J connectivity index is 1.54. The highest BCUT2D eigenvalue weighted by atomic mass is 16.5. The van der Waals surface area contributed by atoms with Gasteiger partial charge in [-0.25, -0.2) is 4.79 Å². The maximum absolute atomic E-state index is 12.5. The zero-order chi connectivity index (χ0) is 21.5. The summed E-state index contributed by atoms with van der Waals surface area (Å²) in [5.41, 5.74) is 1.37. The highest BCUT2D eigenvalue weighted by Gasteiger charge is 2.19. The minimum Gasteiger partial charge on any atom is -0.378 e. The molecule has 3 rings (SSSR count). The van der Waals surface area contributed by atoms with Gasteiger partial charge in [0.15, 0.2) is 5.82 Å². The van der Waals surface area contributed by atoms with Crippen molar-refractivity contribution in [3.05, 3.63) is 35.7 Å². The molecule has 2 aromatic rings. The molecular weight excluding hydrogens is 386 g/mol. The summed E-state index contributed by atoms with van der Waals surface area (Å²) in [6, 6.07) is 7.02. The van der Waals surface area contributed by atoms with E-state index in [1.54, 1.807) is 41.1 Å². The third-order valence-corrected chi connectivity index (χ3v) is 4.82. The minimum absolute atomic E-state index is 0.00477. The molecule has 3 amide bonds. The van der Waals surface area contributed by atoms with Crippen LogP contribution in [0, 0.1) is 5.92 Å². The smallest absolute Gasteiger partial charge is 0.317 e. The van der Waals surface area contributed by atoms with Gasteiger partial charge in [0.25, 0.3) is 11.8 Å². The van der Waals surface area contributed by atoms with E-state index in [2.05, 4.69) is 15.5 Å². The van der Waals surface area contributed by atoms with E-state index in [0.29, 0.717) is 69.0 Å². The van der Waals surface area contributed by atoms with Crippen molar-refractivity contribution in [2.45, 2.75) is 20.3 Å². The highest BCUT2D eigenvalue weighted by molar-refractivity contribution is 5.94. The number of nitrogens with zero attached hydrogens (tertiary/aromatic N) is 4. The van der Waals surface area contributed by atoms with Gasteiger partial charge in [-0.1, -0.05) is 19.0 Å². The summed E-state index contributed by atoms with van der Waals surface area (Å²) < 4.78 is 10.6. The molecule has 0 atom stereocenters. The van der Waals surface area contributed by atoms with Crippen LogP contribution in [0.1, 0.15) is 30.0 Å². The van der Waals surface area contributed by atoms with E-state index in [-0.39, 0.29) is 11.9 Å². The van der Waals surface area contributed by atoms with E-state index in [0.717, 1.165) is 5.56 Å². The molecule has 0 radical (unpaired) electrons. The van der Waals surface area contributed by atoms with E-state index >= 15 is 0 Å². The van der Waals surface area contributed by atoms with E-state index in [4.69, 9.17) is 9.26 Å². The Morgan fingerprint density at radius 2 is 1.90 bits per heavy atom. The first-order valence-electron chi connectivity index (χ1n) is 10.2. The van der Waals surface area contributed by atoms with Crippen LogP contribution >= 0.6 is 0 Å². The number of morpholine rings is 1. The zero-order valence-corrected chi connectivity index (χ0v) is 17.8. The van der Waals surface area contributed by atoms with Gasteiger partial charge in [0.05, 0.1) is 13.2 Å². The van der Waals surface area contributed by atoms with Crippen LogP contribution in [-0.2, 0) is 11.2 Å². The summed E-state index contributed by atoms with van der Waals surface area (Å²) in [7, 11) is 1.74. The summed E-state index contributed by atoms with van der Waals surface area (Å²) in [4.78, 5) is 32.3. The van der Waals surface area contributed by atoms with Crippen molar-refractivity contribution in [1.82, 2.24) is 25.3 Å². The number of hydrogen-bond donors (Lipinski definition) is 1. The number of benzene rings is 1. The van der Waals surface area contributed by atoms with Gasteiger partial charge in [-0.3, -0.25) is 4.79 Å². The van der Waals surface area contributed by atoms with E-state index < -0.39 is 0 Å². The maximum Gasteiger partial charge on any atom is 0.317 e. The van der Waals surface area contributed by atoms with Crippen molar-refractivity contribution in [1.29, 1.82) is 0 Å². The molecule has 1 aliphatic heterocycles. The largest absolute Gasteiger partial charge is 0.378 e. The van der Waals surface area contributed by atoms with Gasteiger partial charge in [0.1, 0.15) is 0 Å². The van der Waals surface area contributed by atoms with E-state index in [9.17, 15) is 9.59 Å². The number of hydrogen-bond acceptors (Lipinski definition) is 6. The number of urea groups is 1. The van der Waals surface area contributed by atoms with Gasteiger partial charge in [0, 0.05) is 50.8 Å². The number of amides is 3. The van der Waals surface area contributed by atoms with Crippen LogP contribution in [0.2, 0.25) is 0 Å². The van der Waals surface area contributed by atoms with Crippen LogP contribution < -0.4 is 5.32 Å². The molecular formula is C21H29N5O4. The van der Waals surface area contributed by atoms with Crippen LogP contribution in [0.4, 0.5) is 4.79 Å². The molecule has 0 aliphatic carbocycles. The third kappa shape index (κ3) is 5.79. The van der Waals surface area contributed by atoms with Gasteiger partial charge < -0.3 is 24.4 Å². The van der Waals surface area contributed by atoms with Gasteiger partial charge in [-0.2, -0.15) is 4.98 Å². The summed E-state index contributed by atoms with van der Waals surface area (Å²) in [5, 5.41) is 6.87. The number of likely N-dealkylation sites (N-methyl/N-ethyl adjacent to an activating group) is 1. The van der Waals surface area contributed by atoms with Crippen molar-refractivity contribution < 1.29 is 18.8 Å². The number of carbonyl (C=O) groups is 2. The van der Waals surface area contributed by atoms with Gasteiger partial charge >= 0.3 is 6.03 Å². The summed E-state index contributed by atoms with van der Waals surface area (Å²) in [6.07, 6.45) is 0.489. The highest BCUT2D eigenvalue weighted by Crippen LogP contribution is 2.19. The Bertz CT molecular complexity index is 843. The molecule has 1 aliphatic rings. The van der Waals surface area contributed by atoms with Gasteiger partial charge in [-0.15, -0.1) is 0 Å². The molecule has 0 bridgehead atoms. The molecule has 1 saturated heterocycles. The van der Waals surface area contributed by atoms with Crippen LogP contribution in [-0.4, -0.2) is 78.3 Å². The number of carbonyl (C=O) groups excluding carboxylic acids is 2. The average molecular weight is 415 g/mol. The Hall–Kier alpha value is -2.94. The second-order valence-corrected chi connectivity index (χ2v) is 7.75. The molecule has 0 saturated carbocycles. The normalized spacial score (nSPS) is 14.1. The number of nitrogens with one attached hydrogen (secondary N) is 1. The molecule has 2 heterocycles. The third-order valence-electron chi connectivity index (χ3n) is 4.82. The quantitative estimate of drug-likeness (QED) is 0.743. The van der Waals surface area contributed by atoms with Crippen LogP contribution in [0.25, 0.3) is 11.5 Å². The molecule has 1 N–H and O–H groups in total. The minimum atomic E-state index is -0.118. The fourth-order valence-electron chi connectivity index (χ4n) is 2.97. The van der Waals surface area contributed by atoms with Crippen molar-refractivity contribution >= 4 is 11.9 Å². The monoisotopic (exact) mass is 415 g/mol. The molecule has 0 unspecified atom stereocenters. The zero-order valence-electron chi connectivity index (χ0n) is 17.8. The molecule has 1 fully saturated rings. The topological polar surface area (TPSA) is 101 Å². The predicted molar refractivity (Wildman–Crippen MR) is 111 cm³/mol. The lowest BCUT2D eigenvalue weighted by Crippen LogP contribution is -2.40. The number of rotatable bonds is 7. The van der Waals surface area contributed by atoms with Gasteiger partial charge in [-0.05, 0) is 30.2 Å². The Labute approximate surface area is 176 Å². The molecule has 30 heavy (non-hydrogen) atoms. The van der Waals surface area contributed by atoms with Crippen LogP contribution in [0.15, 0.2) is 28.8 Å². The molecule has 162 valence electrons. The fraction of sp³-hybridized carbons (Fsp3) is 0.524. The summed E-state index contributed by atoms with van der Waals surface area (Å²) >= 11 is 0. The van der Waals surface area contributed by atoms with Crippen molar-refractivity contribution in [2.24, 2.45) is 5.92 Å². The van der Waals surface area contributed by atoms with Crippen LogP contribution in [0.3, 0.4) is 0 Å². The van der Waals surface area contributed by atoms with E-state index in [1.165, 1.54) is 0 Å².